The van der Waals surface area contributed by atoms with Crippen LogP contribution >= 0.6 is 0 Å². The zero-order valence-corrected chi connectivity index (χ0v) is 15.9. The predicted molar refractivity (Wildman–Crippen MR) is 106 cm³/mol. The fourth-order valence-corrected chi connectivity index (χ4v) is 2.54. The molecule has 0 saturated carbocycles. The number of rotatable bonds is 5. The van der Waals surface area contributed by atoms with Gasteiger partial charge in [0, 0.05) is 5.69 Å². The highest BCUT2D eigenvalue weighted by atomic mass is 16.5. The summed E-state index contributed by atoms with van der Waals surface area (Å²) in [6, 6.07) is 12.1. The second-order valence-electron chi connectivity index (χ2n) is 6.41. The molecule has 1 saturated heterocycles. The summed E-state index contributed by atoms with van der Waals surface area (Å²) in [4.78, 5) is 58.5. The first-order chi connectivity index (χ1) is 14.3. The van der Waals surface area contributed by atoms with Crippen LogP contribution in [0.25, 0.3) is 6.08 Å². The lowest BCUT2D eigenvalue weighted by Gasteiger charge is -2.13. The van der Waals surface area contributed by atoms with Crippen molar-refractivity contribution in [2.75, 3.05) is 11.9 Å². The van der Waals surface area contributed by atoms with E-state index >= 15 is 0 Å². The molecule has 1 fully saturated rings. The molecule has 30 heavy (non-hydrogen) atoms. The number of nitrogens with one attached hydrogen (secondary N) is 3. The van der Waals surface area contributed by atoms with E-state index < -0.39 is 36.3 Å². The van der Waals surface area contributed by atoms with Crippen LogP contribution < -0.4 is 16.0 Å². The molecule has 2 aromatic carbocycles. The van der Waals surface area contributed by atoms with Crippen molar-refractivity contribution in [3.8, 4) is 0 Å². The van der Waals surface area contributed by atoms with Crippen LogP contribution in [0.4, 0.5) is 10.5 Å². The summed E-state index contributed by atoms with van der Waals surface area (Å²) in [5.74, 6) is -2.80. The molecule has 0 spiro atoms. The number of hydrogen-bond acceptors (Lipinski definition) is 6. The van der Waals surface area contributed by atoms with Gasteiger partial charge in [-0.05, 0) is 42.8 Å². The maximum Gasteiger partial charge on any atom is 0.338 e. The predicted octanol–water partition coefficient (Wildman–Crippen LogP) is 1.54. The summed E-state index contributed by atoms with van der Waals surface area (Å²) in [5, 5.41) is 6.55. The van der Waals surface area contributed by atoms with Crippen molar-refractivity contribution in [3.05, 3.63) is 70.8 Å². The van der Waals surface area contributed by atoms with E-state index in [2.05, 4.69) is 5.32 Å². The molecule has 0 aliphatic carbocycles. The molecule has 5 amide bonds. The normalized spacial score (nSPS) is 13.2. The number of anilines is 1. The molecular formula is C21H17N3O6. The SMILES string of the molecule is Cc1ccc(NC(=O)COC(=O)c2ccc(C=C3C(=O)NC(=O)NC3=O)cc2)cc1. The van der Waals surface area contributed by atoms with E-state index in [1.54, 1.807) is 12.1 Å². The smallest absolute Gasteiger partial charge is 0.338 e. The van der Waals surface area contributed by atoms with Gasteiger partial charge >= 0.3 is 12.0 Å². The zero-order valence-electron chi connectivity index (χ0n) is 15.9. The van der Waals surface area contributed by atoms with Crippen molar-refractivity contribution in [2.24, 2.45) is 0 Å². The summed E-state index contributed by atoms with van der Waals surface area (Å²) in [5.41, 5.74) is 2.05. The standard InChI is InChI=1S/C21H17N3O6/c1-12-2-8-15(9-3-12)22-17(25)11-30-20(28)14-6-4-13(5-7-14)10-16-18(26)23-21(29)24-19(16)27/h2-10H,11H2,1H3,(H,22,25)(H2,23,24,26,27,29). The number of esters is 1. The summed E-state index contributed by atoms with van der Waals surface area (Å²) >= 11 is 0. The lowest BCUT2D eigenvalue weighted by atomic mass is 10.1. The molecule has 9 heteroatoms. The molecule has 0 radical (unpaired) electrons. The number of barbiturate groups is 1. The van der Waals surface area contributed by atoms with Gasteiger partial charge in [0.15, 0.2) is 6.61 Å². The van der Waals surface area contributed by atoms with Gasteiger partial charge in [0.2, 0.25) is 0 Å². The lowest BCUT2D eigenvalue weighted by Crippen LogP contribution is -2.51. The number of hydrogen-bond donors (Lipinski definition) is 3. The van der Waals surface area contributed by atoms with Crippen molar-refractivity contribution in [2.45, 2.75) is 6.92 Å². The van der Waals surface area contributed by atoms with Crippen LogP contribution in [0.15, 0.2) is 54.1 Å². The first kappa shape index (κ1) is 20.5. The van der Waals surface area contributed by atoms with Gasteiger partial charge < -0.3 is 10.1 Å². The molecule has 3 N–H and O–H groups in total. The summed E-state index contributed by atoms with van der Waals surface area (Å²) in [7, 11) is 0. The van der Waals surface area contributed by atoms with E-state index in [1.165, 1.54) is 30.3 Å². The molecule has 3 rings (SSSR count). The third kappa shape index (κ3) is 5.16. The molecule has 152 valence electrons. The molecule has 1 aliphatic heterocycles. The van der Waals surface area contributed by atoms with Crippen molar-refractivity contribution in [1.82, 2.24) is 10.6 Å². The Bertz CT molecular complexity index is 1030. The van der Waals surface area contributed by atoms with E-state index in [1.807, 2.05) is 29.7 Å². The van der Waals surface area contributed by atoms with E-state index in [4.69, 9.17) is 4.74 Å². The quantitative estimate of drug-likeness (QED) is 0.392. The van der Waals surface area contributed by atoms with E-state index in [0.717, 1.165) is 5.56 Å². The van der Waals surface area contributed by atoms with Crippen LogP contribution in [0.2, 0.25) is 0 Å². The minimum Gasteiger partial charge on any atom is -0.452 e. The van der Waals surface area contributed by atoms with Crippen molar-refractivity contribution < 1.29 is 28.7 Å². The second kappa shape index (κ2) is 8.82. The Kier molecular flexibility index (Phi) is 6.02. The van der Waals surface area contributed by atoms with Crippen LogP contribution in [0, 0.1) is 6.92 Å². The van der Waals surface area contributed by atoms with Gasteiger partial charge in [0.05, 0.1) is 5.56 Å². The fourth-order valence-electron chi connectivity index (χ4n) is 2.54. The van der Waals surface area contributed by atoms with Crippen LogP contribution in [-0.4, -0.2) is 36.3 Å². The number of ether oxygens (including phenoxy) is 1. The number of imide groups is 2. The van der Waals surface area contributed by atoms with Gasteiger partial charge in [-0.2, -0.15) is 0 Å². The monoisotopic (exact) mass is 407 g/mol. The van der Waals surface area contributed by atoms with Crippen molar-refractivity contribution in [1.29, 1.82) is 0 Å². The Morgan fingerprint density at radius 3 is 2.13 bits per heavy atom. The van der Waals surface area contributed by atoms with Crippen molar-refractivity contribution >= 4 is 41.5 Å². The topological polar surface area (TPSA) is 131 Å². The van der Waals surface area contributed by atoms with Crippen LogP contribution in [0.3, 0.4) is 0 Å². The number of aryl methyl sites for hydroxylation is 1. The minimum atomic E-state index is -0.883. The molecule has 0 bridgehead atoms. The Balaban J connectivity index is 1.57. The Morgan fingerprint density at radius 2 is 1.53 bits per heavy atom. The Hall–Kier alpha value is -4.27. The maximum absolute atomic E-state index is 12.1. The van der Waals surface area contributed by atoms with E-state index in [-0.39, 0.29) is 11.1 Å². The zero-order chi connectivity index (χ0) is 21.7. The number of carbonyl (C=O) groups excluding carboxylic acids is 5. The average molecular weight is 407 g/mol. The summed E-state index contributed by atoms with van der Waals surface area (Å²) < 4.78 is 4.99. The van der Waals surface area contributed by atoms with Crippen LogP contribution in [0.5, 0.6) is 0 Å². The minimum absolute atomic E-state index is 0.188. The summed E-state index contributed by atoms with van der Waals surface area (Å²) in [6.45, 7) is 1.47. The van der Waals surface area contributed by atoms with Crippen LogP contribution in [-0.2, 0) is 19.1 Å². The van der Waals surface area contributed by atoms with Gasteiger partial charge in [-0.15, -0.1) is 0 Å². The summed E-state index contributed by atoms with van der Waals surface area (Å²) in [6.07, 6.45) is 1.28. The Labute approximate surface area is 171 Å². The third-order valence-electron chi connectivity index (χ3n) is 4.07. The van der Waals surface area contributed by atoms with Crippen LogP contribution in [0.1, 0.15) is 21.5 Å². The average Bonchev–Trinajstić information content (AvgIpc) is 2.71. The molecule has 9 nitrogen and oxygen atoms in total. The van der Waals surface area contributed by atoms with Gasteiger partial charge in [0.1, 0.15) is 5.57 Å². The highest BCUT2D eigenvalue weighted by molar-refractivity contribution is 6.31. The molecular weight excluding hydrogens is 390 g/mol. The van der Waals surface area contributed by atoms with Crippen molar-refractivity contribution in [3.63, 3.8) is 0 Å². The molecule has 0 atom stereocenters. The highest BCUT2D eigenvalue weighted by Crippen LogP contribution is 2.12. The molecule has 1 aliphatic rings. The van der Waals surface area contributed by atoms with Gasteiger partial charge in [-0.1, -0.05) is 29.8 Å². The first-order valence-electron chi connectivity index (χ1n) is 8.84. The number of urea groups is 1. The molecule has 0 unspecified atom stereocenters. The van der Waals surface area contributed by atoms with E-state index in [0.29, 0.717) is 11.3 Å². The number of carbonyl (C=O) groups is 5. The maximum atomic E-state index is 12.1. The second-order valence-corrected chi connectivity index (χ2v) is 6.41. The number of amides is 5. The van der Waals surface area contributed by atoms with E-state index in [9.17, 15) is 24.0 Å². The van der Waals surface area contributed by atoms with Gasteiger partial charge in [-0.3, -0.25) is 25.0 Å². The number of benzene rings is 2. The first-order valence-corrected chi connectivity index (χ1v) is 8.84. The molecule has 1 heterocycles. The third-order valence-corrected chi connectivity index (χ3v) is 4.07. The highest BCUT2D eigenvalue weighted by Gasteiger charge is 2.27. The molecule has 2 aromatic rings. The van der Waals surface area contributed by atoms with Gasteiger partial charge in [0.25, 0.3) is 17.7 Å². The van der Waals surface area contributed by atoms with Gasteiger partial charge in [-0.25, -0.2) is 9.59 Å². The fraction of sp³-hybridized carbons (Fsp3) is 0.0952. The lowest BCUT2D eigenvalue weighted by molar-refractivity contribution is -0.124. The largest absolute Gasteiger partial charge is 0.452 e. The Morgan fingerprint density at radius 1 is 0.933 bits per heavy atom. The molecule has 0 aromatic heterocycles.